The Balaban J connectivity index is 1.67. The molecular weight excluding hydrogens is 390 g/mol. The number of hydrogen-bond acceptors (Lipinski definition) is 8. The van der Waals surface area contributed by atoms with Crippen LogP contribution in [0.4, 0.5) is 5.69 Å². The largest absolute Gasteiger partial charge is 0.490 e. The minimum absolute atomic E-state index is 0.00273. The van der Waals surface area contributed by atoms with Gasteiger partial charge in [0.05, 0.1) is 24.2 Å². The van der Waals surface area contributed by atoms with E-state index in [1.54, 1.807) is 0 Å². The van der Waals surface area contributed by atoms with Crippen LogP contribution in [0.2, 0.25) is 0 Å². The Kier molecular flexibility index (Phi) is 6.81. The van der Waals surface area contributed by atoms with Gasteiger partial charge in [-0.3, -0.25) is 15.2 Å². The van der Waals surface area contributed by atoms with Crippen molar-refractivity contribution in [2.24, 2.45) is 5.73 Å². The molecule has 0 bridgehead atoms. The van der Waals surface area contributed by atoms with Gasteiger partial charge in [-0.15, -0.1) is 0 Å². The maximum atomic E-state index is 10.7. The van der Waals surface area contributed by atoms with Gasteiger partial charge in [0.25, 0.3) is 5.69 Å². The van der Waals surface area contributed by atoms with Gasteiger partial charge in [0.1, 0.15) is 12.4 Å². The molecule has 0 fully saturated rings. The van der Waals surface area contributed by atoms with Crippen molar-refractivity contribution < 1.29 is 19.1 Å². The van der Waals surface area contributed by atoms with E-state index in [1.165, 1.54) is 24.3 Å². The monoisotopic (exact) mass is 413 g/mol. The molecule has 3 aromatic rings. The van der Waals surface area contributed by atoms with E-state index >= 15 is 0 Å². The maximum Gasteiger partial charge on any atom is 0.269 e. The number of nitro benzene ring substituents is 1. The zero-order valence-electron chi connectivity index (χ0n) is 16.7. The third-order valence-electron chi connectivity index (χ3n) is 4.18. The number of nitro groups is 1. The third-order valence-corrected chi connectivity index (χ3v) is 4.18. The summed E-state index contributed by atoms with van der Waals surface area (Å²) in [6.07, 6.45) is 0. The molecular formula is C20H23N5O5. The molecule has 0 saturated heterocycles. The van der Waals surface area contributed by atoms with Crippen molar-refractivity contribution in [1.82, 2.24) is 15.2 Å². The SMILES string of the molecule is CCOc1ccc(C(N)c2n[nH]c(COc3ccc([N+](=O)[O-])cc3)n2)cc1OCC. The fourth-order valence-electron chi connectivity index (χ4n) is 2.74. The van der Waals surface area contributed by atoms with Crippen molar-refractivity contribution in [3.05, 3.63) is 69.8 Å². The number of aromatic amines is 1. The average molecular weight is 413 g/mol. The smallest absolute Gasteiger partial charge is 0.269 e. The Bertz CT molecular complexity index is 990. The topological polar surface area (TPSA) is 138 Å². The molecule has 158 valence electrons. The van der Waals surface area contributed by atoms with Crippen LogP contribution < -0.4 is 19.9 Å². The van der Waals surface area contributed by atoms with E-state index in [0.29, 0.717) is 42.1 Å². The summed E-state index contributed by atoms with van der Waals surface area (Å²) in [6, 6.07) is 10.7. The summed E-state index contributed by atoms with van der Waals surface area (Å²) in [4.78, 5) is 14.6. The van der Waals surface area contributed by atoms with Crippen LogP contribution in [0.25, 0.3) is 0 Å². The van der Waals surface area contributed by atoms with E-state index in [4.69, 9.17) is 19.9 Å². The zero-order chi connectivity index (χ0) is 21.5. The predicted octanol–water partition coefficient (Wildman–Crippen LogP) is 3.14. The van der Waals surface area contributed by atoms with Crippen LogP contribution in [0.5, 0.6) is 17.2 Å². The lowest BCUT2D eigenvalue weighted by Gasteiger charge is -2.14. The second-order valence-corrected chi connectivity index (χ2v) is 6.23. The first-order valence-electron chi connectivity index (χ1n) is 9.45. The Morgan fingerprint density at radius 2 is 1.77 bits per heavy atom. The number of aromatic nitrogens is 3. The van der Waals surface area contributed by atoms with E-state index in [-0.39, 0.29) is 12.3 Å². The summed E-state index contributed by atoms with van der Waals surface area (Å²) in [5.74, 6) is 2.64. The zero-order valence-corrected chi connectivity index (χ0v) is 16.7. The van der Waals surface area contributed by atoms with Crippen molar-refractivity contribution in [1.29, 1.82) is 0 Å². The normalized spacial score (nSPS) is 11.7. The molecule has 0 aliphatic heterocycles. The number of rotatable bonds is 10. The second kappa shape index (κ2) is 9.70. The van der Waals surface area contributed by atoms with E-state index in [9.17, 15) is 10.1 Å². The second-order valence-electron chi connectivity index (χ2n) is 6.23. The molecule has 10 heteroatoms. The number of nitrogens with zero attached hydrogens (tertiary/aromatic N) is 3. The molecule has 0 spiro atoms. The summed E-state index contributed by atoms with van der Waals surface area (Å²) < 4.78 is 16.8. The number of hydrogen-bond donors (Lipinski definition) is 2. The molecule has 1 unspecified atom stereocenters. The number of H-pyrrole nitrogens is 1. The lowest BCUT2D eigenvalue weighted by atomic mass is 10.1. The van der Waals surface area contributed by atoms with Crippen LogP contribution >= 0.6 is 0 Å². The standard InChI is InChI=1S/C20H23N5O5/c1-3-28-16-10-5-13(11-17(16)29-4-2)19(21)20-22-18(23-24-20)12-30-15-8-6-14(7-9-15)25(26)27/h5-11,19H,3-4,12,21H2,1-2H3,(H,22,23,24). The quantitative estimate of drug-likeness (QED) is 0.382. The molecule has 0 aliphatic carbocycles. The predicted molar refractivity (Wildman–Crippen MR) is 109 cm³/mol. The molecule has 0 amide bonds. The van der Waals surface area contributed by atoms with Gasteiger partial charge < -0.3 is 19.9 Å². The minimum atomic E-state index is -0.566. The van der Waals surface area contributed by atoms with Gasteiger partial charge in [-0.1, -0.05) is 6.07 Å². The van der Waals surface area contributed by atoms with E-state index in [1.807, 2.05) is 32.0 Å². The molecule has 1 aromatic heterocycles. The van der Waals surface area contributed by atoms with Crippen molar-refractivity contribution >= 4 is 5.69 Å². The van der Waals surface area contributed by atoms with Crippen molar-refractivity contribution in [2.45, 2.75) is 26.5 Å². The van der Waals surface area contributed by atoms with Gasteiger partial charge in [-0.25, -0.2) is 4.98 Å². The highest BCUT2D eigenvalue weighted by atomic mass is 16.6. The summed E-state index contributed by atoms with van der Waals surface area (Å²) in [7, 11) is 0. The molecule has 30 heavy (non-hydrogen) atoms. The number of ether oxygens (including phenoxy) is 3. The molecule has 1 atom stereocenters. The summed E-state index contributed by atoms with van der Waals surface area (Å²) >= 11 is 0. The molecule has 3 N–H and O–H groups in total. The minimum Gasteiger partial charge on any atom is -0.490 e. The molecule has 0 radical (unpaired) electrons. The first kappa shape index (κ1) is 21.1. The first-order valence-corrected chi connectivity index (χ1v) is 9.45. The number of nitrogens with one attached hydrogen (secondary N) is 1. The summed E-state index contributed by atoms with van der Waals surface area (Å²) in [6.45, 7) is 4.96. The maximum absolute atomic E-state index is 10.7. The molecule has 3 rings (SSSR count). The van der Waals surface area contributed by atoms with E-state index < -0.39 is 11.0 Å². The van der Waals surface area contributed by atoms with Gasteiger partial charge in [0.15, 0.2) is 23.1 Å². The van der Waals surface area contributed by atoms with Gasteiger partial charge in [-0.2, -0.15) is 5.10 Å². The fourth-order valence-corrected chi connectivity index (χ4v) is 2.74. The Labute approximate surface area is 173 Å². The van der Waals surface area contributed by atoms with Crippen LogP contribution in [0.1, 0.15) is 37.1 Å². The van der Waals surface area contributed by atoms with Gasteiger partial charge in [0, 0.05) is 12.1 Å². The summed E-state index contributed by atoms with van der Waals surface area (Å²) in [5.41, 5.74) is 7.10. The van der Waals surface area contributed by atoms with Crippen molar-refractivity contribution in [3.63, 3.8) is 0 Å². The highest BCUT2D eigenvalue weighted by Crippen LogP contribution is 2.31. The van der Waals surface area contributed by atoms with Gasteiger partial charge >= 0.3 is 0 Å². The molecule has 1 heterocycles. The van der Waals surface area contributed by atoms with Gasteiger partial charge in [-0.05, 0) is 43.7 Å². The van der Waals surface area contributed by atoms with E-state index in [0.717, 1.165) is 5.56 Å². The average Bonchev–Trinajstić information content (AvgIpc) is 3.22. The Morgan fingerprint density at radius 3 is 2.43 bits per heavy atom. The van der Waals surface area contributed by atoms with E-state index in [2.05, 4.69) is 15.2 Å². The Morgan fingerprint density at radius 1 is 1.07 bits per heavy atom. The number of benzene rings is 2. The van der Waals surface area contributed by atoms with Crippen LogP contribution in [0.3, 0.4) is 0 Å². The van der Waals surface area contributed by atoms with Gasteiger partial charge in [0.2, 0.25) is 0 Å². The molecule has 0 saturated carbocycles. The third kappa shape index (κ3) is 5.03. The van der Waals surface area contributed by atoms with Crippen LogP contribution in [0.15, 0.2) is 42.5 Å². The molecule has 2 aromatic carbocycles. The lowest BCUT2D eigenvalue weighted by molar-refractivity contribution is -0.384. The van der Waals surface area contributed by atoms with Crippen molar-refractivity contribution in [3.8, 4) is 17.2 Å². The van der Waals surface area contributed by atoms with Crippen LogP contribution in [0, 0.1) is 10.1 Å². The molecule has 10 nitrogen and oxygen atoms in total. The van der Waals surface area contributed by atoms with Crippen molar-refractivity contribution in [2.75, 3.05) is 13.2 Å². The Hall–Kier alpha value is -3.66. The fraction of sp³-hybridized carbons (Fsp3) is 0.300. The number of nitrogens with two attached hydrogens (primary N) is 1. The first-order chi connectivity index (χ1) is 14.5. The highest BCUT2D eigenvalue weighted by Gasteiger charge is 2.17. The highest BCUT2D eigenvalue weighted by molar-refractivity contribution is 5.45. The number of non-ortho nitro benzene ring substituents is 1. The van der Waals surface area contributed by atoms with Crippen LogP contribution in [-0.2, 0) is 6.61 Å². The summed E-state index contributed by atoms with van der Waals surface area (Å²) in [5, 5.41) is 17.7. The van der Waals surface area contributed by atoms with Crippen LogP contribution in [-0.4, -0.2) is 33.3 Å². The lowest BCUT2D eigenvalue weighted by Crippen LogP contribution is -2.14. The molecule has 0 aliphatic rings.